The van der Waals surface area contributed by atoms with Gasteiger partial charge in [0.15, 0.2) is 0 Å². The maximum absolute atomic E-state index is 12.1. The van der Waals surface area contributed by atoms with Crippen LogP contribution in [0.4, 0.5) is 0 Å². The second kappa shape index (κ2) is 7.22. The van der Waals surface area contributed by atoms with Crippen LogP contribution in [0, 0.1) is 5.92 Å². The Bertz CT molecular complexity index is 297. The monoisotopic (exact) mass is 268 g/mol. The van der Waals surface area contributed by atoms with Crippen LogP contribution in [-0.2, 0) is 4.79 Å². The average molecular weight is 268 g/mol. The lowest BCUT2D eigenvalue weighted by Crippen LogP contribution is -2.56. The molecule has 0 radical (unpaired) electrons. The zero-order chi connectivity index (χ0) is 13.7. The van der Waals surface area contributed by atoms with E-state index in [9.17, 15) is 4.79 Å². The molecular formula is C14H28N4O. The normalized spacial score (nSPS) is 30.2. The molecule has 0 aliphatic carbocycles. The Morgan fingerprint density at radius 3 is 2.95 bits per heavy atom. The number of piperidine rings is 1. The molecule has 2 unspecified atom stereocenters. The first-order valence-electron chi connectivity index (χ1n) is 7.54. The standard InChI is InChI=1S/C14H28N4O/c1-17-8-3-4-12(11-17)5-6-16-14(19)13-10-15-7-9-18(13)2/h12-13,15H,3-11H2,1-2H3,(H,16,19). The van der Waals surface area contributed by atoms with E-state index in [0.29, 0.717) is 0 Å². The summed E-state index contributed by atoms with van der Waals surface area (Å²) in [4.78, 5) is 16.6. The molecule has 110 valence electrons. The number of nitrogens with one attached hydrogen (secondary N) is 2. The van der Waals surface area contributed by atoms with Crippen molar-refractivity contribution in [1.82, 2.24) is 20.4 Å². The van der Waals surface area contributed by atoms with Crippen molar-refractivity contribution in [2.45, 2.75) is 25.3 Å². The average Bonchev–Trinajstić information content (AvgIpc) is 2.39. The number of nitrogens with zero attached hydrogens (tertiary/aromatic N) is 2. The predicted octanol–water partition coefficient (Wildman–Crippen LogP) is -0.262. The number of carbonyl (C=O) groups excluding carboxylic acids is 1. The molecule has 0 saturated carbocycles. The zero-order valence-corrected chi connectivity index (χ0v) is 12.3. The van der Waals surface area contributed by atoms with Crippen molar-refractivity contribution in [2.24, 2.45) is 5.92 Å². The van der Waals surface area contributed by atoms with Gasteiger partial charge in [-0.1, -0.05) is 0 Å². The first-order chi connectivity index (χ1) is 9.16. The van der Waals surface area contributed by atoms with E-state index >= 15 is 0 Å². The number of carbonyl (C=O) groups is 1. The number of hydrogen-bond acceptors (Lipinski definition) is 4. The molecular weight excluding hydrogens is 240 g/mol. The fourth-order valence-corrected chi connectivity index (χ4v) is 3.12. The van der Waals surface area contributed by atoms with Gasteiger partial charge in [-0.05, 0) is 45.8 Å². The van der Waals surface area contributed by atoms with Crippen molar-refractivity contribution in [2.75, 3.05) is 53.4 Å². The van der Waals surface area contributed by atoms with Crippen LogP contribution in [0.1, 0.15) is 19.3 Å². The molecule has 0 bridgehead atoms. The minimum absolute atomic E-state index is 0.00257. The minimum Gasteiger partial charge on any atom is -0.355 e. The first-order valence-corrected chi connectivity index (χ1v) is 7.54. The Kier molecular flexibility index (Phi) is 5.60. The van der Waals surface area contributed by atoms with Crippen molar-refractivity contribution in [3.8, 4) is 0 Å². The van der Waals surface area contributed by atoms with Crippen molar-refractivity contribution in [3.05, 3.63) is 0 Å². The second-order valence-corrected chi connectivity index (χ2v) is 6.05. The van der Waals surface area contributed by atoms with Gasteiger partial charge in [0, 0.05) is 32.7 Å². The zero-order valence-electron chi connectivity index (χ0n) is 12.3. The largest absolute Gasteiger partial charge is 0.355 e. The molecule has 2 aliphatic heterocycles. The lowest BCUT2D eigenvalue weighted by Gasteiger charge is -2.32. The molecule has 2 N–H and O–H groups in total. The Labute approximate surface area is 116 Å². The molecule has 2 saturated heterocycles. The predicted molar refractivity (Wildman–Crippen MR) is 77.1 cm³/mol. The second-order valence-electron chi connectivity index (χ2n) is 6.05. The smallest absolute Gasteiger partial charge is 0.238 e. The number of hydrogen-bond donors (Lipinski definition) is 2. The molecule has 0 aromatic carbocycles. The van der Waals surface area contributed by atoms with Gasteiger partial charge in [-0.2, -0.15) is 0 Å². The van der Waals surface area contributed by atoms with E-state index < -0.39 is 0 Å². The Morgan fingerprint density at radius 2 is 2.21 bits per heavy atom. The van der Waals surface area contributed by atoms with Gasteiger partial charge < -0.3 is 15.5 Å². The van der Waals surface area contributed by atoms with E-state index in [2.05, 4.69) is 27.5 Å². The molecule has 0 spiro atoms. The highest BCUT2D eigenvalue weighted by atomic mass is 16.2. The summed E-state index contributed by atoms with van der Waals surface area (Å²) in [7, 11) is 4.22. The fourth-order valence-electron chi connectivity index (χ4n) is 3.12. The number of piperazine rings is 1. The highest BCUT2D eigenvalue weighted by Gasteiger charge is 2.25. The van der Waals surface area contributed by atoms with Crippen molar-refractivity contribution in [1.29, 1.82) is 0 Å². The quantitative estimate of drug-likeness (QED) is 0.737. The van der Waals surface area contributed by atoms with E-state index in [4.69, 9.17) is 0 Å². The van der Waals surface area contributed by atoms with Crippen molar-refractivity contribution < 1.29 is 4.79 Å². The van der Waals surface area contributed by atoms with Crippen LogP contribution in [-0.4, -0.2) is 75.1 Å². The number of amides is 1. The first kappa shape index (κ1) is 14.8. The Balaban J connectivity index is 1.65. The Hall–Kier alpha value is -0.650. The maximum atomic E-state index is 12.1. The van der Waals surface area contributed by atoms with Gasteiger partial charge in [0.25, 0.3) is 0 Å². The van der Waals surface area contributed by atoms with Crippen molar-refractivity contribution in [3.63, 3.8) is 0 Å². The molecule has 2 fully saturated rings. The molecule has 2 rings (SSSR count). The summed E-state index contributed by atoms with van der Waals surface area (Å²) in [5.74, 6) is 0.931. The topological polar surface area (TPSA) is 47.6 Å². The highest BCUT2D eigenvalue weighted by Crippen LogP contribution is 2.17. The van der Waals surface area contributed by atoms with E-state index in [1.165, 1.54) is 25.9 Å². The van der Waals surface area contributed by atoms with Gasteiger partial charge in [-0.3, -0.25) is 9.69 Å². The molecule has 2 aliphatic rings. The third-order valence-corrected chi connectivity index (χ3v) is 4.39. The van der Waals surface area contributed by atoms with Gasteiger partial charge in [0.05, 0.1) is 0 Å². The van der Waals surface area contributed by atoms with Gasteiger partial charge in [0.1, 0.15) is 6.04 Å². The summed E-state index contributed by atoms with van der Waals surface area (Å²) in [5, 5.41) is 6.39. The third-order valence-electron chi connectivity index (χ3n) is 4.39. The molecule has 1 amide bonds. The van der Waals surface area contributed by atoms with Gasteiger partial charge in [0.2, 0.25) is 5.91 Å². The summed E-state index contributed by atoms with van der Waals surface area (Å²) in [5.41, 5.74) is 0. The van der Waals surface area contributed by atoms with Crippen LogP contribution in [0.25, 0.3) is 0 Å². The fraction of sp³-hybridized carbons (Fsp3) is 0.929. The van der Waals surface area contributed by atoms with E-state index in [1.54, 1.807) is 0 Å². The van der Waals surface area contributed by atoms with Crippen LogP contribution in [0.3, 0.4) is 0 Å². The number of rotatable bonds is 4. The summed E-state index contributed by atoms with van der Waals surface area (Å²) in [6.45, 7) is 5.93. The molecule has 5 heteroatoms. The van der Waals surface area contributed by atoms with Crippen LogP contribution < -0.4 is 10.6 Å². The summed E-state index contributed by atoms with van der Waals surface area (Å²) >= 11 is 0. The summed E-state index contributed by atoms with van der Waals surface area (Å²) in [6.07, 6.45) is 3.72. The highest BCUT2D eigenvalue weighted by molar-refractivity contribution is 5.82. The molecule has 2 heterocycles. The van der Waals surface area contributed by atoms with E-state index in [1.807, 2.05) is 7.05 Å². The van der Waals surface area contributed by atoms with Gasteiger partial charge in [-0.15, -0.1) is 0 Å². The minimum atomic E-state index is 0.00257. The Morgan fingerprint density at radius 1 is 1.37 bits per heavy atom. The van der Waals surface area contributed by atoms with Crippen LogP contribution in [0.2, 0.25) is 0 Å². The molecule has 0 aromatic heterocycles. The summed E-state index contributed by atoms with van der Waals surface area (Å²) < 4.78 is 0. The maximum Gasteiger partial charge on any atom is 0.238 e. The van der Waals surface area contributed by atoms with E-state index in [0.717, 1.165) is 38.5 Å². The van der Waals surface area contributed by atoms with Gasteiger partial charge >= 0.3 is 0 Å². The number of likely N-dealkylation sites (tertiary alicyclic amines) is 1. The number of likely N-dealkylation sites (N-methyl/N-ethyl adjacent to an activating group) is 1. The van der Waals surface area contributed by atoms with E-state index in [-0.39, 0.29) is 11.9 Å². The SMILES string of the molecule is CN1CCCC(CCNC(=O)C2CNCCN2C)C1. The van der Waals surface area contributed by atoms with Gasteiger partial charge in [-0.25, -0.2) is 0 Å². The van der Waals surface area contributed by atoms with Crippen LogP contribution in [0.5, 0.6) is 0 Å². The van der Waals surface area contributed by atoms with Crippen molar-refractivity contribution >= 4 is 5.91 Å². The van der Waals surface area contributed by atoms with Crippen LogP contribution >= 0.6 is 0 Å². The molecule has 5 nitrogen and oxygen atoms in total. The molecule has 19 heavy (non-hydrogen) atoms. The van der Waals surface area contributed by atoms with Crippen LogP contribution in [0.15, 0.2) is 0 Å². The third kappa shape index (κ3) is 4.44. The molecule has 0 aromatic rings. The summed E-state index contributed by atoms with van der Waals surface area (Å²) in [6, 6.07) is 0.00257. The molecule has 2 atom stereocenters. The lowest BCUT2D eigenvalue weighted by molar-refractivity contribution is -0.126. The lowest BCUT2D eigenvalue weighted by atomic mass is 9.95.